The predicted molar refractivity (Wildman–Crippen MR) is 122 cm³/mol. The SMILES string of the molecule is Cc1cc(N(C)c2ccc(N3CCOCC3)cc2)ccc1N1c2ccc(C=O)cc21. The van der Waals surface area contributed by atoms with E-state index in [1.807, 2.05) is 18.2 Å². The summed E-state index contributed by atoms with van der Waals surface area (Å²) < 4.78 is 5.45. The summed E-state index contributed by atoms with van der Waals surface area (Å²) in [5.41, 5.74) is 8.91. The van der Waals surface area contributed by atoms with E-state index in [2.05, 4.69) is 71.1 Å². The quantitative estimate of drug-likeness (QED) is 0.341. The van der Waals surface area contributed by atoms with Gasteiger partial charge in [0.05, 0.1) is 24.6 Å². The highest BCUT2D eigenvalue weighted by molar-refractivity contribution is 6.03. The van der Waals surface area contributed by atoms with Gasteiger partial charge in [-0.2, -0.15) is 0 Å². The lowest BCUT2D eigenvalue weighted by molar-refractivity contribution is 0.112. The number of fused-ring (bicyclic) bond motifs is 1. The largest absolute Gasteiger partial charge is 0.378 e. The normalized spacial score (nSPS) is 15.0. The van der Waals surface area contributed by atoms with Gasteiger partial charge in [-0.25, -0.2) is 0 Å². The van der Waals surface area contributed by atoms with E-state index in [0.717, 1.165) is 55.3 Å². The Morgan fingerprint density at radius 3 is 2.27 bits per heavy atom. The molecule has 0 unspecified atom stereocenters. The van der Waals surface area contributed by atoms with Crippen molar-refractivity contribution < 1.29 is 9.53 Å². The molecule has 152 valence electrons. The number of carbonyl (C=O) groups is 1. The van der Waals surface area contributed by atoms with Crippen LogP contribution < -0.4 is 14.7 Å². The molecular formula is C25H25N3O2. The molecule has 0 atom stereocenters. The fourth-order valence-electron chi connectivity index (χ4n) is 4.16. The van der Waals surface area contributed by atoms with Crippen LogP contribution in [-0.2, 0) is 4.74 Å². The maximum Gasteiger partial charge on any atom is 0.150 e. The molecule has 5 heteroatoms. The van der Waals surface area contributed by atoms with Crippen LogP contribution in [-0.4, -0.2) is 39.6 Å². The molecule has 2 aliphatic heterocycles. The predicted octanol–water partition coefficient (Wildman–Crippen LogP) is 5.20. The molecule has 2 heterocycles. The average Bonchev–Trinajstić information content (AvgIpc) is 3.52. The zero-order valence-electron chi connectivity index (χ0n) is 17.3. The van der Waals surface area contributed by atoms with Gasteiger partial charge in [0.2, 0.25) is 0 Å². The number of hydrogen-bond donors (Lipinski definition) is 0. The average molecular weight is 399 g/mol. The van der Waals surface area contributed by atoms with E-state index in [1.54, 1.807) is 0 Å². The van der Waals surface area contributed by atoms with Crippen LogP contribution in [0.25, 0.3) is 0 Å². The highest BCUT2D eigenvalue weighted by Crippen LogP contribution is 2.54. The molecule has 0 N–H and O–H groups in total. The van der Waals surface area contributed by atoms with Crippen molar-refractivity contribution in [3.8, 4) is 0 Å². The molecule has 0 spiro atoms. The number of aryl methyl sites for hydroxylation is 1. The van der Waals surface area contributed by atoms with E-state index >= 15 is 0 Å². The molecule has 3 aromatic carbocycles. The summed E-state index contributed by atoms with van der Waals surface area (Å²) >= 11 is 0. The first-order chi connectivity index (χ1) is 14.7. The number of rotatable bonds is 5. The second-order valence-corrected chi connectivity index (χ2v) is 7.85. The van der Waals surface area contributed by atoms with Crippen molar-refractivity contribution in [1.82, 2.24) is 0 Å². The van der Waals surface area contributed by atoms with Gasteiger partial charge in [-0.05, 0) is 73.2 Å². The van der Waals surface area contributed by atoms with Crippen molar-refractivity contribution in [3.63, 3.8) is 0 Å². The molecule has 0 aromatic heterocycles. The lowest BCUT2D eigenvalue weighted by Gasteiger charge is -2.29. The Labute approximate surface area is 177 Å². The summed E-state index contributed by atoms with van der Waals surface area (Å²) in [7, 11) is 2.10. The van der Waals surface area contributed by atoms with Crippen molar-refractivity contribution in [1.29, 1.82) is 0 Å². The topological polar surface area (TPSA) is 35.8 Å². The van der Waals surface area contributed by atoms with Crippen LogP contribution in [0.2, 0.25) is 0 Å². The molecule has 1 fully saturated rings. The maximum absolute atomic E-state index is 11.0. The van der Waals surface area contributed by atoms with Crippen LogP contribution >= 0.6 is 0 Å². The molecule has 1 saturated heterocycles. The number of morpholine rings is 1. The number of ether oxygens (including phenoxy) is 1. The Morgan fingerprint density at radius 2 is 1.57 bits per heavy atom. The third-order valence-corrected chi connectivity index (χ3v) is 5.99. The zero-order chi connectivity index (χ0) is 20.7. The van der Waals surface area contributed by atoms with E-state index in [4.69, 9.17) is 4.74 Å². The van der Waals surface area contributed by atoms with Gasteiger partial charge in [0.15, 0.2) is 0 Å². The summed E-state index contributed by atoms with van der Waals surface area (Å²) in [6.07, 6.45) is 0.895. The Hall–Kier alpha value is -3.31. The smallest absolute Gasteiger partial charge is 0.150 e. The first-order valence-electron chi connectivity index (χ1n) is 10.3. The number of hydrogen-bond acceptors (Lipinski definition) is 5. The molecule has 0 radical (unpaired) electrons. The molecule has 0 saturated carbocycles. The minimum Gasteiger partial charge on any atom is -0.378 e. The van der Waals surface area contributed by atoms with Crippen molar-refractivity contribution in [3.05, 3.63) is 71.8 Å². The highest BCUT2D eigenvalue weighted by Gasteiger charge is 2.31. The first kappa shape index (κ1) is 18.7. The van der Waals surface area contributed by atoms with Crippen LogP contribution in [0, 0.1) is 6.92 Å². The van der Waals surface area contributed by atoms with Gasteiger partial charge >= 0.3 is 0 Å². The Kier molecular flexibility index (Phi) is 4.68. The Morgan fingerprint density at radius 1 is 0.867 bits per heavy atom. The number of benzene rings is 3. The first-order valence-corrected chi connectivity index (χ1v) is 10.3. The van der Waals surface area contributed by atoms with Crippen LogP contribution in [0.5, 0.6) is 0 Å². The number of anilines is 6. The van der Waals surface area contributed by atoms with E-state index in [0.29, 0.717) is 5.56 Å². The summed E-state index contributed by atoms with van der Waals surface area (Å²) in [5.74, 6) is 0. The number of aldehydes is 1. The van der Waals surface area contributed by atoms with Crippen LogP contribution in [0.4, 0.5) is 34.1 Å². The molecular weight excluding hydrogens is 374 g/mol. The lowest BCUT2D eigenvalue weighted by atomic mass is 10.1. The molecule has 3 aromatic rings. The highest BCUT2D eigenvalue weighted by atomic mass is 16.5. The molecule has 0 bridgehead atoms. The summed E-state index contributed by atoms with van der Waals surface area (Å²) in [4.78, 5) is 17.8. The van der Waals surface area contributed by atoms with Crippen molar-refractivity contribution in [2.75, 3.05) is 48.1 Å². The van der Waals surface area contributed by atoms with Gasteiger partial charge < -0.3 is 19.4 Å². The Balaban J connectivity index is 1.33. The zero-order valence-corrected chi connectivity index (χ0v) is 17.3. The van der Waals surface area contributed by atoms with Gasteiger partial charge in [0, 0.05) is 48.5 Å². The third kappa shape index (κ3) is 3.31. The third-order valence-electron chi connectivity index (χ3n) is 5.99. The van der Waals surface area contributed by atoms with Crippen LogP contribution in [0.15, 0.2) is 60.7 Å². The van der Waals surface area contributed by atoms with Gasteiger partial charge in [-0.3, -0.25) is 4.79 Å². The van der Waals surface area contributed by atoms with E-state index in [9.17, 15) is 4.79 Å². The lowest BCUT2D eigenvalue weighted by Crippen LogP contribution is -2.36. The van der Waals surface area contributed by atoms with Crippen molar-refractivity contribution in [2.45, 2.75) is 6.92 Å². The van der Waals surface area contributed by atoms with E-state index in [1.165, 1.54) is 16.9 Å². The number of carbonyl (C=O) groups excluding carboxylic acids is 1. The number of nitrogens with zero attached hydrogens (tertiary/aromatic N) is 3. The molecule has 5 nitrogen and oxygen atoms in total. The van der Waals surface area contributed by atoms with E-state index < -0.39 is 0 Å². The summed E-state index contributed by atoms with van der Waals surface area (Å²) in [6.45, 7) is 5.62. The van der Waals surface area contributed by atoms with Crippen molar-refractivity contribution in [2.24, 2.45) is 0 Å². The second kappa shape index (κ2) is 7.50. The molecule has 0 amide bonds. The van der Waals surface area contributed by atoms with Crippen molar-refractivity contribution >= 4 is 40.4 Å². The van der Waals surface area contributed by atoms with Gasteiger partial charge in [0.1, 0.15) is 6.29 Å². The summed E-state index contributed by atoms with van der Waals surface area (Å²) in [6, 6.07) is 21.1. The minimum atomic E-state index is 0.714. The van der Waals surface area contributed by atoms with E-state index in [-0.39, 0.29) is 0 Å². The van der Waals surface area contributed by atoms with Gasteiger partial charge in [-0.15, -0.1) is 0 Å². The fourth-order valence-corrected chi connectivity index (χ4v) is 4.16. The van der Waals surface area contributed by atoms with Crippen LogP contribution in [0.1, 0.15) is 15.9 Å². The summed E-state index contributed by atoms with van der Waals surface area (Å²) in [5, 5.41) is 0. The Bertz CT molecular complexity index is 1090. The minimum absolute atomic E-state index is 0.714. The standard InChI is InChI=1S/C25H25N3O2/c1-18-15-22(8-10-23(18)28-24-9-3-19(17-29)16-25(24)28)26(2)20-4-6-21(7-5-20)27-11-13-30-14-12-27/h3-10,15-17H,11-14H2,1-2H3. The molecule has 5 rings (SSSR count). The molecule has 30 heavy (non-hydrogen) atoms. The van der Waals surface area contributed by atoms with Gasteiger partial charge in [0.25, 0.3) is 0 Å². The second-order valence-electron chi connectivity index (χ2n) is 7.85. The van der Waals surface area contributed by atoms with Gasteiger partial charge in [-0.1, -0.05) is 0 Å². The van der Waals surface area contributed by atoms with Crippen LogP contribution in [0.3, 0.4) is 0 Å². The fraction of sp³-hybridized carbons (Fsp3) is 0.240. The maximum atomic E-state index is 11.0. The monoisotopic (exact) mass is 399 g/mol. The molecule has 2 aliphatic rings. The molecule has 0 aliphatic carbocycles.